The van der Waals surface area contributed by atoms with Gasteiger partial charge in [-0.2, -0.15) is 0 Å². The molecule has 0 atom stereocenters. The number of aliphatic hydroxyl groups excluding tert-OH is 1. The predicted octanol–water partition coefficient (Wildman–Crippen LogP) is 1.31. The summed E-state index contributed by atoms with van der Waals surface area (Å²) in [5.74, 6) is 0. The van der Waals surface area contributed by atoms with Crippen molar-refractivity contribution in [2.24, 2.45) is 0 Å². The minimum atomic E-state index is -3.51. The molecule has 0 radical (unpaired) electrons. The van der Waals surface area contributed by atoms with Crippen LogP contribution in [-0.2, 0) is 23.2 Å². The maximum absolute atomic E-state index is 11.8. The summed E-state index contributed by atoms with van der Waals surface area (Å²) >= 11 is 1.08. The molecule has 2 rings (SSSR count). The van der Waals surface area contributed by atoms with Gasteiger partial charge in [-0.05, 0) is 23.1 Å². The first-order valence-corrected chi connectivity index (χ1v) is 7.17. The van der Waals surface area contributed by atoms with Crippen molar-refractivity contribution in [3.05, 3.63) is 41.2 Å². The molecule has 0 spiro atoms. The van der Waals surface area contributed by atoms with E-state index < -0.39 is 10.0 Å². The Morgan fingerprint density at radius 3 is 2.82 bits per heavy atom. The highest BCUT2D eigenvalue weighted by Crippen LogP contribution is 2.20. The average Bonchev–Trinajstić information content (AvgIpc) is 2.98. The molecule has 0 saturated carbocycles. The van der Waals surface area contributed by atoms with E-state index in [0.717, 1.165) is 16.9 Å². The standard InChI is InChI=1S/C10H11NO4S2/c12-5-9-3-10(16-7-9)17(13,14)11-4-8-1-2-15-6-8/h1-3,6-7,11-12H,4-5H2. The Labute approximate surface area is 103 Å². The Hall–Kier alpha value is -1.15. The van der Waals surface area contributed by atoms with Crippen molar-refractivity contribution >= 4 is 21.4 Å². The van der Waals surface area contributed by atoms with Crippen molar-refractivity contribution < 1.29 is 17.9 Å². The minimum absolute atomic E-state index is 0.159. The lowest BCUT2D eigenvalue weighted by atomic mass is 10.4. The van der Waals surface area contributed by atoms with Crippen LogP contribution >= 0.6 is 11.3 Å². The van der Waals surface area contributed by atoms with Crippen LogP contribution in [0.2, 0.25) is 0 Å². The summed E-state index contributed by atoms with van der Waals surface area (Å²) in [5, 5.41) is 10.5. The van der Waals surface area contributed by atoms with E-state index in [1.807, 2.05) is 0 Å². The molecule has 2 aromatic rings. The molecular weight excluding hydrogens is 262 g/mol. The Kier molecular flexibility index (Phi) is 3.63. The topological polar surface area (TPSA) is 79.5 Å². The third-order valence-corrected chi connectivity index (χ3v) is 5.01. The predicted molar refractivity (Wildman–Crippen MR) is 63.0 cm³/mol. The number of nitrogens with one attached hydrogen (secondary N) is 1. The molecule has 0 unspecified atom stereocenters. The maximum Gasteiger partial charge on any atom is 0.250 e. The van der Waals surface area contributed by atoms with Crippen LogP contribution in [0.5, 0.6) is 0 Å². The van der Waals surface area contributed by atoms with E-state index in [1.54, 1.807) is 11.4 Å². The molecule has 0 bridgehead atoms. The van der Waals surface area contributed by atoms with Gasteiger partial charge in [0.2, 0.25) is 10.0 Å². The molecule has 92 valence electrons. The normalized spacial score (nSPS) is 11.8. The minimum Gasteiger partial charge on any atom is -0.472 e. The SMILES string of the molecule is O=S(=O)(NCc1ccoc1)c1cc(CO)cs1. The number of hydrogen-bond donors (Lipinski definition) is 2. The van der Waals surface area contributed by atoms with Crippen LogP contribution in [0, 0.1) is 0 Å². The first-order chi connectivity index (χ1) is 8.12. The van der Waals surface area contributed by atoms with E-state index in [9.17, 15) is 8.42 Å². The van der Waals surface area contributed by atoms with E-state index in [1.165, 1.54) is 18.6 Å². The lowest BCUT2D eigenvalue weighted by Gasteiger charge is -2.02. The van der Waals surface area contributed by atoms with Crippen LogP contribution in [0.4, 0.5) is 0 Å². The summed E-state index contributed by atoms with van der Waals surface area (Å²) < 4.78 is 31.2. The zero-order valence-corrected chi connectivity index (χ0v) is 10.4. The maximum atomic E-state index is 11.8. The van der Waals surface area contributed by atoms with Crippen molar-refractivity contribution in [3.8, 4) is 0 Å². The Bertz CT molecular complexity index is 571. The van der Waals surface area contributed by atoms with E-state index in [-0.39, 0.29) is 17.4 Å². The van der Waals surface area contributed by atoms with Gasteiger partial charge in [0.05, 0.1) is 19.1 Å². The fourth-order valence-electron chi connectivity index (χ4n) is 1.22. The third-order valence-electron chi connectivity index (χ3n) is 2.12. The molecule has 2 aromatic heterocycles. The zero-order valence-electron chi connectivity index (χ0n) is 8.79. The number of aliphatic hydroxyl groups is 1. The van der Waals surface area contributed by atoms with Gasteiger partial charge in [-0.3, -0.25) is 0 Å². The number of furan rings is 1. The van der Waals surface area contributed by atoms with Gasteiger partial charge in [0.15, 0.2) is 0 Å². The summed E-state index contributed by atoms with van der Waals surface area (Å²) in [6.45, 7) is 0.0267. The molecule has 0 aliphatic heterocycles. The van der Waals surface area contributed by atoms with Gasteiger partial charge in [0.1, 0.15) is 4.21 Å². The number of rotatable bonds is 5. The molecule has 2 N–H and O–H groups in total. The van der Waals surface area contributed by atoms with Crippen molar-refractivity contribution in [2.45, 2.75) is 17.4 Å². The smallest absolute Gasteiger partial charge is 0.250 e. The molecule has 17 heavy (non-hydrogen) atoms. The molecule has 7 heteroatoms. The largest absolute Gasteiger partial charge is 0.472 e. The first kappa shape index (κ1) is 12.3. The second-order valence-electron chi connectivity index (χ2n) is 3.39. The molecule has 0 aromatic carbocycles. The van der Waals surface area contributed by atoms with Crippen molar-refractivity contribution in [2.75, 3.05) is 0 Å². The summed E-state index contributed by atoms with van der Waals surface area (Å²) in [4.78, 5) is 0. The van der Waals surface area contributed by atoms with Crippen LogP contribution in [0.3, 0.4) is 0 Å². The lowest BCUT2D eigenvalue weighted by molar-refractivity contribution is 0.282. The van der Waals surface area contributed by atoms with Crippen LogP contribution in [-0.4, -0.2) is 13.5 Å². The highest BCUT2D eigenvalue weighted by molar-refractivity contribution is 7.91. The fraction of sp³-hybridized carbons (Fsp3) is 0.200. The monoisotopic (exact) mass is 273 g/mol. The Balaban J connectivity index is 2.08. The van der Waals surface area contributed by atoms with Crippen LogP contribution < -0.4 is 4.72 Å². The second kappa shape index (κ2) is 5.01. The van der Waals surface area contributed by atoms with Gasteiger partial charge in [-0.25, -0.2) is 13.1 Å². The van der Waals surface area contributed by atoms with Gasteiger partial charge in [0.25, 0.3) is 0 Å². The van der Waals surface area contributed by atoms with E-state index in [2.05, 4.69) is 4.72 Å². The molecule has 0 aliphatic carbocycles. The average molecular weight is 273 g/mol. The molecule has 0 fully saturated rings. The lowest BCUT2D eigenvalue weighted by Crippen LogP contribution is -2.22. The van der Waals surface area contributed by atoms with Gasteiger partial charge in [-0.1, -0.05) is 0 Å². The van der Waals surface area contributed by atoms with Crippen molar-refractivity contribution in [1.82, 2.24) is 4.72 Å². The summed E-state index contributed by atoms with van der Waals surface area (Å²) in [7, 11) is -3.51. The van der Waals surface area contributed by atoms with Crippen molar-refractivity contribution in [1.29, 1.82) is 0 Å². The first-order valence-electron chi connectivity index (χ1n) is 4.81. The molecule has 0 saturated heterocycles. The third kappa shape index (κ3) is 2.95. The molecule has 0 amide bonds. The molecule has 0 aliphatic rings. The van der Waals surface area contributed by atoms with Crippen molar-refractivity contribution in [3.63, 3.8) is 0 Å². The Morgan fingerprint density at radius 1 is 1.41 bits per heavy atom. The van der Waals surface area contributed by atoms with Gasteiger partial charge in [0, 0.05) is 12.1 Å². The molecule has 5 nitrogen and oxygen atoms in total. The molecular formula is C10H11NO4S2. The highest BCUT2D eigenvalue weighted by Gasteiger charge is 2.16. The van der Waals surface area contributed by atoms with Gasteiger partial charge < -0.3 is 9.52 Å². The van der Waals surface area contributed by atoms with Crippen LogP contribution in [0.1, 0.15) is 11.1 Å². The highest BCUT2D eigenvalue weighted by atomic mass is 32.2. The summed E-state index contributed by atoms with van der Waals surface area (Å²) in [6, 6.07) is 3.15. The van der Waals surface area contributed by atoms with Gasteiger partial charge in [-0.15, -0.1) is 11.3 Å². The number of sulfonamides is 1. The van der Waals surface area contributed by atoms with E-state index in [4.69, 9.17) is 9.52 Å². The summed E-state index contributed by atoms with van der Waals surface area (Å²) in [5.41, 5.74) is 1.35. The van der Waals surface area contributed by atoms with Gasteiger partial charge >= 0.3 is 0 Å². The molecule has 2 heterocycles. The second-order valence-corrected chi connectivity index (χ2v) is 6.29. The number of hydrogen-bond acceptors (Lipinski definition) is 5. The summed E-state index contributed by atoms with van der Waals surface area (Å²) in [6.07, 6.45) is 2.97. The van der Waals surface area contributed by atoms with E-state index >= 15 is 0 Å². The fourth-order valence-corrected chi connectivity index (χ4v) is 3.48. The number of thiophene rings is 1. The van der Waals surface area contributed by atoms with Crippen LogP contribution in [0.15, 0.2) is 38.7 Å². The zero-order chi connectivity index (χ0) is 12.3. The van der Waals surface area contributed by atoms with E-state index in [0.29, 0.717) is 5.56 Å². The Morgan fingerprint density at radius 2 is 2.24 bits per heavy atom. The van der Waals surface area contributed by atoms with Crippen LogP contribution in [0.25, 0.3) is 0 Å². The quantitative estimate of drug-likeness (QED) is 0.861.